The number of ether oxygens (including phenoxy) is 3. The zero-order valence-corrected chi connectivity index (χ0v) is 26.5. The number of benzene rings is 3. The average Bonchev–Trinajstić information content (AvgIpc) is 3.49. The Balaban J connectivity index is 1.29. The Kier molecular flexibility index (Phi) is 9.16. The highest BCUT2D eigenvalue weighted by atomic mass is 16.5. The molecule has 0 bridgehead atoms. The molecule has 0 aliphatic carbocycles. The summed E-state index contributed by atoms with van der Waals surface area (Å²) in [5.74, 6) is 0.505. The molecule has 5 aromatic rings. The van der Waals surface area contributed by atoms with Crippen LogP contribution in [0, 0.1) is 0 Å². The van der Waals surface area contributed by atoms with Crippen LogP contribution in [-0.4, -0.2) is 45.1 Å². The lowest BCUT2D eigenvalue weighted by atomic mass is 9.96. The van der Waals surface area contributed by atoms with Crippen LogP contribution in [0.5, 0.6) is 11.8 Å². The van der Waals surface area contributed by atoms with Gasteiger partial charge in [-0.2, -0.15) is 0 Å². The molecule has 1 unspecified atom stereocenters. The van der Waals surface area contributed by atoms with Crippen molar-refractivity contribution in [1.82, 2.24) is 19.7 Å². The minimum atomic E-state index is -0.606. The molecule has 3 aromatic carbocycles. The normalized spacial score (nSPS) is 18.0. The van der Waals surface area contributed by atoms with Gasteiger partial charge in [-0.05, 0) is 61.2 Å². The van der Waals surface area contributed by atoms with Crippen LogP contribution in [0.3, 0.4) is 0 Å². The third kappa shape index (κ3) is 6.67. The lowest BCUT2D eigenvalue weighted by Crippen LogP contribution is -2.35. The molecule has 2 aromatic heterocycles. The van der Waals surface area contributed by atoms with Gasteiger partial charge in [-0.3, -0.25) is 14.3 Å². The largest absolute Gasteiger partial charge is 0.490 e. The van der Waals surface area contributed by atoms with Crippen LogP contribution < -0.4 is 20.8 Å². The van der Waals surface area contributed by atoms with Gasteiger partial charge in [0.2, 0.25) is 0 Å². The Morgan fingerprint density at radius 2 is 1.63 bits per heavy atom. The van der Waals surface area contributed by atoms with E-state index in [2.05, 4.69) is 30.9 Å². The second-order valence-electron chi connectivity index (χ2n) is 11.7. The molecular weight excluding hydrogens is 584 g/mol. The van der Waals surface area contributed by atoms with Gasteiger partial charge in [0.15, 0.2) is 5.82 Å². The van der Waals surface area contributed by atoms with Crippen LogP contribution in [0.1, 0.15) is 56.9 Å². The molecule has 3 heterocycles. The van der Waals surface area contributed by atoms with Crippen LogP contribution in [0.2, 0.25) is 0 Å². The molecule has 3 atom stereocenters. The molecule has 6 rings (SSSR count). The van der Waals surface area contributed by atoms with Crippen molar-refractivity contribution in [3.63, 3.8) is 0 Å². The highest BCUT2D eigenvalue weighted by Gasteiger charge is 2.26. The average molecular weight is 623 g/mol. The van der Waals surface area contributed by atoms with E-state index in [-0.39, 0.29) is 29.9 Å². The Labute approximate surface area is 267 Å². The lowest BCUT2D eigenvalue weighted by Gasteiger charge is -2.32. The number of aryl methyl sites for hydroxylation is 1. The number of hydrogen-bond acceptors (Lipinski definition) is 8. The minimum absolute atomic E-state index is 0.0784. The summed E-state index contributed by atoms with van der Waals surface area (Å²) in [6.07, 6.45) is 3.95. The van der Waals surface area contributed by atoms with E-state index in [9.17, 15) is 9.59 Å². The maximum atomic E-state index is 14.2. The first-order valence-corrected chi connectivity index (χ1v) is 15.7. The van der Waals surface area contributed by atoms with Crippen LogP contribution in [0.15, 0.2) is 86.9 Å². The molecule has 10 nitrogen and oxygen atoms in total. The highest BCUT2D eigenvalue weighted by Crippen LogP contribution is 2.31. The van der Waals surface area contributed by atoms with E-state index in [0.29, 0.717) is 29.9 Å². The van der Waals surface area contributed by atoms with Crippen LogP contribution in [0.4, 0.5) is 0 Å². The molecular formula is C36H38N4O6. The quantitative estimate of drug-likeness (QED) is 0.198. The fraction of sp³-hybridized carbons (Fsp3) is 0.333. The summed E-state index contributed by atoms with van der Waals surface area (Å²) in [5.41, 5.74) is 5.39. The second-order valence-corrected chi connectivity index (χ2v) is 11.7. The van der Waals surface area contributed by atoms with Gasteiger partial charge >= 0.3 is 11.8 Å². The Morgan fingerprint density at radius 3 is 2.26 bits per heavy atom. The molecule has 1 fully saturated rings. The summed E-state index contributed by atoms with van der Waals surface area (Å²) in [6.45, 7) is 6.20. The van der Waals surface area contributed by atoms with Gasteiger partial charge in [0.05, 0.1) is 30.7 Å². The minimum Gasteiger partial charge on any atom is -0.490 e. The lowest BCUT2D eigenvalue weighted by molar-refractivity contribution is -0.0721. The van der Waals surface area contributed by atoms with Crippen molar-refractivity contribution < 1.29 is 18.7 Å². The first-order valence-electron chi connectivity index (χ1n) is 15.7. The van der Waals surface area contributed by atoms with Gasteiger partial charge in [0.25, 0.3) is 5.56 Å². The summed E-state index contributed by atoms with van der Waals surface area (Å²) in [4.78, 5) is 33.2. The molecule has 10 heteroatoms. The number of H-pyrrole nitrogens is 1. The van der Waals surface area contributed by atoms with Crippen LogP contribution >= 0.6 is 0 Å². The van der Waals surface area contributed by atoms with E-state index >= 15 is 0 Å². The number of methoxy groups -OCH3 is 1. The van der Waals surface area contributed by atoms with Gasteiger partial charge < -0.3 is 14.2 Å². The molecule has 0 radical (unpaired) electrons. The van der Waals surface area contributed by atoms with E-state index < -0.39 is 5.76 Å². The van der Waals surface area contributed by atoms with Crippen molar-refractivity contribution in [1.29, 1.82) is 0 Å². The zero-order chi connectivity index (χ0) is 32.2. The van der Waals surface area contributed by atoms with Gasteiger partial charge in [-0.1, -0.05) is 67.0 Å². The molecule has 0 saturated carbocycles. The third-order valence-electron chi connectivity index (χ3n) is 8.22. The van der Waals surface area contributed by atoms with E-state index in [0.717, 1.165) is 53.0 Å². The SMILES string of the molecule is CCCc1nc(OC)n(-c2ccc(OC3C[C@@H](C)O[C@@H](C)C3)cc2)c(=O)c1Cc1ccc(-c2ccccc2-c2noc(=O)[nH]2)cc1. The highest BCUT2D eigenvalue weighted by molar-refractivity contribution is 5.80. The summed E-state index contributed by atoms with van der Waals surface area (Å²) in [5, 5.41) is 3.86. The first kappa shape index (κ1) is 31.0. The third-order valence-corrected chi connectivity index (χ3v) is 8.22. The number of nitrogens with one attached hydrogen (secondary N) is 1. The van der Waals surface area contributed by atoms with Crippen molar-refractivity contribution in [2.45, 2.75) is 71.2 Å². The molecule has 238 valence electrons. The molecule has 0 spiro atoms. The monoisotopic (exact) mass is 622 g/mol. The van der Waals surface area contributed by atoms with Crippen molar-refractivity contribution >= 4 is 0 Å². The number of nitrogens with zero attached hydrogens (tertiary/aromatic N) is 3. The Morgan fingerprint density at radius 1 is 0.935 bits per heavy atom. The number of rotatable bonds is 10. The van der Waals surface area contributed by atoms with Crippen molar-refractivity contribution in [3.05, 3.63) is 111 Å². The van der Waals surface area contributed by atoms with Crippen LogP contribution in [-0.2, 0) is 17.6 Å². The predicted octanol–water partition coefficient (Wildman–Crippen LogP) is 6.13. The van der Waals surface area contributed by atoms with Gasteiger partial charge in [-0.15, -0.1) is 0 Å². The standard InChI is InChI=1S/C36H38N4O6/c1-5-8-32-31(21-24-11-13-25(14-12-24)29-9-6-7-10-30(29)33-38-36(42)46-39-33)34(41)40(35(37-32)43-4)26-15-17-27(18-16-26)45-28-19-22(2)44-23(3)20-28/h6-7,9-18,22-23,28H,5,8,19-21H2,1-4H3,(H,38,39,42)/t22-,23+,28?. The van der Waals surface area contributed by atoms with E-state index in [1.165, 1.54) is 11.7 Å². The second kappa shape index (κ2) is 13.6. The molecule has 46 heavy (non-hydrogen) atoms. The van der Waals surface area contributed by atoms with Crippen molar-refractivity contribution in [2.75, 3.05) is 7.11 Å². The molecule has 1 aliphatic heterocycles. The van der Waals surface area contributed by atoms with E-state index in [1.807, 2.05) is 72.8 Å². The number of aromatic amines is 1. The maximum Gasteiger partial charge on any atom is 0.439 e. The molecule has 1 saturated heterocycles. The zero-order valence-electron chi connectivity index (χ0n) is 26.5. The first-order chi connectivity index (χ1) is 22.3. The van der Waals surface area contributed by atoms with Gasteiger partial charge in [0.1, 0.15) is 11.9 Å². The Hall–Kier alpha value is -4.96. The van der Waals surface area contributed by atoms with Gasteiger partial charge in [-0.25, -0.2) is 14.3 Å². The molecule has 0 amide bonds. The summed E-state index contributed by atoms with van der Waals surface area (Å²) < 4.78 is 24.0. The summed E-state index contributed by atoms with van der Waals surface area (Å²) in [7, 11) is 1.53. The van der Waals surface area contributed by atoms with Crippen molar-refractivity contribution in [2.24, 2.45) is 0 Å². The molecule has 1 N–H and O–H groups in total. The Bertz CT molecular complexity index is 1900. The summed E-state index contributed by atoms with van der Waals surface area (Å²) in [6, 6.07) is 23.4. The van der Waals surface area contributed by atoms with Crippen molar-refractivity contribution in [3.8, 4) is 40.0 Å². The predicted molar refractivity (Wildman–Crippen MR) is 175 cm³/mol. The molecule has 1 aliphatic rings. The smallest absolute Gasteiger partial charge is 0.439 e. The van der Waals surface area contributed by atoms with E-state index in [4.69, 9.17) is 23.7 Å². The van der Waals surface area contributed by atoms with Crippen LogP contribution in [0.25, 0.3) is 28.2 Å². The number of hydrogen-bond donors (Lipinski definition) is 1. The fourth-order valence-electron chi connectivity index (χ4n) is 6.16. The maximum absolute atomic E-state index is 14.2. The topological polar surface area (TPSA) is 121 Å². The summed E-state index contributed by atoms with van der Waals surface area (Å²) >= 11 is 0. The van der Waals surface area contributed by atoms with E-state index in [1.54, 1.807) is 0 Å². The number of aromatic nitrogens is 4. The van der Waals surface area contributed by atoms with Gasteiger partial charge in [0, 0.05) is 30.4 Å². The fourth-order valence-corrected chi connectivity index (χ4v) is 6.16.